The summed E-state index contributed by atoms with van der Waals surface area (Å²) in [5.41, 5.74) is 2.24. The van der Waals surface area contributed by atoms with Gasteiger partial charge in [0.05, 0.1) is 37.6 Å². The van der Waals surface area contributed by atoms with Crippen molar-refractivity contribution in [1.29, 1.82) is 0 Å². The summed E-state index contributed by atoms with van der Waals surface area (Å²) in [6, 6.07) is 7.28. The van der Waals surface area contributed by atoms with Crippen molar-refractivity contribution in [3.63, 3.8) is 0 Å². The molecule has 1 unspecified atom stereocenters. The molecule has 11 heteroatoms. The quantitative estimate of drug-likeness (QED) is 0.430. The zero-order valence-corrected chi connectivity index (χ0v) is 16.8. The molecule has 1 aromatic carbocycles. The Labute approximate surface area is 177 Å². The first kappa shape index (κ1) is 20.6. The third-order valence-corrected chi connectivity index (χ3v) is 5.00. The van der Waals surface area contributed by atoms with Crippen LogP contribution in [0.25, 0.3) is 5.69 Å². The Morgan fingerprint density at radius 1 is 1.32 bits per heavy atom. The van der Waals surface area contributed by atoms with E-state index in [4.69, 9.17) is 14.7 Å². The summed E-state index contributed by atoms with van der Waals surface area (Å²) >= 11 is 0. The number of nitrogens with zero attached hydrogens (tertiary/aromatic N) is 5. The second kappa shape index (κ2) is 8.98. The fraction of sp³-hybridized carbons (Fsp3) is 0.300. The Bertz CT molecular complexity index is 1110. The van der Waals surface area contributed by atoms with Gasteiger partial charge in [-0.1, -0.05) is 6.07 Å². The molecule has 3 aromatic rings. The topological polar surface area (TPSA) is 124 Å². The summed E-state index contributed by atoms with van der Waals surface area (Å²) in [5.74, 6) is 0.446. The Morgan fingerprint density at radius 3 is 2.87 bits per heavy atom. The monoisotopic (exact) mass is 426 g/mol. The van der Waals surface area contributed by atoms with E-state index >= 15 is 0 Å². The number of ether oxygens (including phenoxy) is 2. The number of rotatable bonds is 6. The van der Waals surface area contributed by atoms with E-state index in [-0.39, 0.29) is 17.4 Å². The molecule has 2 N–H and O–H groups in total. The second-order valence-electron chi connectivity index (χ2n) is 6.96. The molecule has 1 amide bonds. The van der Waals surface area contributed by atoms with Crippen LogP contribution < -0.4 is 20.8 Å². The number of imidazole rings is 1. The van der Waals surface area contributed by atoms with Gasteiger partial charge in [-0.05, 0) is 12.1 Å². The molecule has 162 valence electrons. The minimum absolute atomic E-state index is 0.154. The number of nitrogens with one attached hydrogen (secondary N) is 1. The number of carbonyl (C=O) groups excluding carboxylic acids is 1. The minimum Gasteiger partial charge on any atom is -0.497 e. The first-order chi connectivity index (χ1) is 15.1. The van der Waals surface area contributed by atoms with Crippen LogP contribution in [0.15, 0.2) is 53.8 Å². The molecule has 0 bridgehead atoms. The molecule has 1 aliphatic heterocycles. The van der Waals surface area contributed by atoms with Crippen LogP contribution in [0.2, 0.25) is 0 Å². The third-order valence-electron chi connectivity index (χ3n) is 5.00. The second-order valence-corrected chi connectivity index (χ2v) is 6.96. The summed E-state index contributed by atoms with van der Waals surface area (Å²) in [7, 11) is 1.58. The van der Waals surface area contributed by atoms with Crippen molar-refractivity contribution in [1.82, 2.24) is 24.6 Å². The molecule has 0 spiro atoms. The molecular weight excluding hydrogens is 404 g/mol. The Balaban J connectivity index is 1.46. The van der Waals surface area contributed by atoms with E-state index in [9.17, 15) is 9.59 Å². The molecule has 0 radical (unpaired) electrons. The van der Waals surface area contributed by atoms with Gasteiger partial charge >= 0.3 is 5.69 Å². The van der Waals surface area contributed by atoms with Gasteiger partial charge in [-0.25, -0.2) is 20.2 Å². The van der Waals surface area contributed by atoms with Gasteiger partial charge in [0.1, 0.15) is 5.75 Å². The largest absolute Gasteiger partial charge is 0.497 e. The molecule has 3 heterocycles. The SMILES string of the molecule is COc1cccc(-n2ccn(CC3CN(c4ncc(C(=O)NO)cn4)CCO3)c2=O)c1. The van der Waals surface area contributed by atoms with Crippen molar-refractivity contribution in [2.45, 2.75) is 12.6 Å². The molecule has 4 rings (SSSR count). The lowest BCUT2D eigenvalue weighted by Crippen LogP contribution is -2.46. The van der Waals surface area contributed by atoms with Crippen LogP contribution in [0, 0.1) is 0 Å². The number of hydroxylamine groups is 1. The summed E-state index contributed by atoms with van der Waals surface area (Å²) in [5, 5.41) is 8.69. The highest BCUT2D eigenvalue weighted by atomic mass is 16.5. The normalized spacial score (nSPS) is 16.2. The van der Waals surface area contributed by atoms with Crippen molar-refractivity contribution in [2.75, 3.05) is 31.7 Å². The van der Waals surface area contributed by atoms with Crippen molar-refractivity contribution in [3.8, 4) is 11.4 Å². The number of benzene rings is 1. The highest BCUT2D eigenvalue weighted by molar-refractivity contribution is 5.92. The number of aromatic nitrogens is 4. The minimum atomic E-state index is -0.675. The zero-order valence-electron chi connectivity index (χ0n) is 16.8. The standard InChI is InChI=1S/C20H22N6O5/c1-30-16-4-2-3-15(9-16)26-6-5-25(20(26)28)13-17-12-24(7-8-31-17)19-21-10-14(11-22-19)18(27)23-29/h2-6,9-11,17,29H,7-8,12-13H2,1H3,(H,23,27). The molecule has 1 fully saturated rings. The number of hydrogen-bond donors (Lipinski definition) is 2. The van der Waals surface area contributed by atoms with Crippen molar-refractivity contribution in [2.24, 2.45) is 0 Å². The number of amides is 1. The lowest BCUT2D eigenvalue weighted by atomic mass is 10.2. The molecule has 1 aliphatic rings. The van der Waals surface area contributed by atoms with E-state index in [2.05, 4.69) is 9.97 Å². The van der Waals surface area contributed by atoms with Crippen LogP contribution in [0.5, 0.6) is 5.75 Å². The predicted octanol–water partition coefficient (Wildman–Crippen LogP) is 0.462. The van der Waals surface area contributed by atoms with Crippen LogP contribution in [-0.4, -0.2) is 63.1 Å². The molecule has 1 atom stereocenters. The van der Waals surface area contributed by atoms with Crippen LogP contribution in [0.4, 0.5) is 5.95 Å². The molecule has 0 aliphatic carbocycles. The zero-order chi connectivity index (χ0) is 21.8. The van der Waals surface area contributed by atoms with Crippen molar-refractivity contribution in [3.05, 3.63) is 65.1 Å². The van der Waals surface area contributed by atoms with Crippen molar-refractivity contribution >= 4 is 11.9 Å². The van der Waals surface area contributed by atoms with Gasteiger partial charge in [-0.15, -0.1) is 0 Å². The van der Waals surface area contributed by atoms with Gasteiger partial charge in [0.15, 0.2) is 0 Å². The Morgan fingerprint density at radius 2 is 2.13 bits per heavy atom. The molecule has 2 aromatic heterocycles. The van der Waals surface area contributed by atoms with E-state index in [1.807, 2.05) is 23.1 Å². The predicted molar refractivity (Wildman–Crippen MR) is 110 cm³/mol. The molecule has 1 saturated heterocycles. The van der Waals surface area contributed by atoms with E-state index in [0.29, 0.717) is 37.9 Å². The van der Waals surface area contributed by atoms with E-state index in [1.54, 1.807) is 40.2 Å². The first-order valence-corrected chi connectivity index (χ1v) is 9.64. The maximum absolute atomic E-state index is 12.9. The molecule has 11 nitrogen and oxygen atoms in total. The average Bonchev–Trinajstić information content (AvgIpc) is 3.18. The van der Waals surface area contributed by atoms with Gasteiger partial charge in [-0.2, -0.15) is 0 Å². The highest BCUT2D eigenvalue weighted by Crippen LogP contribution is 2.16. The highest BCUT2D eigenvalue weighted by Gasteiger charge is 2.24. The van der Waals surface area contributed by atoms with Gasteiger partial charge in [0, 0.05) is 43.9 Å². The van der Waals surface area contributed by atoms with Gasteiger partial charge in [0.2, 0.25) is 5.95 Å². The number of carbonyl (C=O) groups is 1. The molecular formula is C20H22N6O5. The summed E-state index contributed by atoms with van der Waals surface area (Å²) < 4.78 is 14.2. The van der Waals surface area contributed by atoms with Gasteiger partial charge < -0.3 is 14.4 Å². The van der Waals surface area contributed by atoms with Crippen LogP contribution >= 0.6 is 0 Å². The average molecular weight is 426 g/mol. The van der Waals surface area contributed by atoms with Crippen LogP contribution in [0.1, 0.15) is 10.4 Å². The summed E-state index contributed by atoms with van der Waals surface area (Å²) in [4.78, 5) is 34.6. The maximum Gasteiger partial charge on any atom is 0.332 e. The van der Waals surface area contributed by atoms with E-state index in [1.165, 1.54) is 12.4 Å². The number of methoxy groups -OCH3 is 1. The Hall–Kier alpha value is -3.70. The van der Waals surface area contributed by atoms with Gasteiger partial charge in [0.25, 0.3) is 5.91 Å². The molecule has 0 saturated carbocycles. The number of hydrogen-bond acceptors (Lipinski definition) is 8. The fourth-order valence-corrected chi connectivity index (χ4v) is 3.41. The summed E-state index contributed by atoms with van der Waals surface area (Å²) in [6.45, 7) is 1.90. The molecule has 31 heavy (non-hydrogen) atoms. The maximum atomic E-state index is 12.9. The number of morpholine rings is 1. The lowest BCUT2D eigenvalue weighted by Gasteiger charge is -2.32. The lowest BCUT2D eigenvalue weighted by molar-refractivity contribution is 0.0284. The number of anilines is 1. The van der Waals surface area contributed by atoms with Gasteiger partial charge in [-0.3, -0.25) is 19.1 Å². The summed E-state index contributed by atoms with van der Waals surface area (Å²) in [6.07, 6.45) is 5.89. The first-order valence-electron chi connectivity index (χ1n) is 9.64. The van der Waals surface area contributed by atoms with E-state index < -0.39 is 5.91 Å². The third kappa shape index (κ3) is 4.42. The van der Waals surface area contributed by atoms with Crippen LogP contribution in [0.3, 0.4) is 0 Å². The van der Waals surface area contributed by atoms with E-state index in [0.717, 1.165) is 5.69 Å². The Kier molecular flexibility index (Phi) is 5.96. The van der Waals surface area contributed by atoms with Crippen LogP contribution in [-0.2, 0) is 11.3 Å². The fourth-order valence-electron chi connectivity index (χ4n) is 3.41. The van der Waals surface area contributed by atoms with Crippen molar-refractivity contribution < 1.29 is 19.5 Å². The smallest absolute Gasteiger partial charge is 0.332 e.